The van der Waals surface area contributed by atoms with Crippen molar-refractivity contribution in [2.75, 3.05) is 31.6 Å². The number of likely N-dealkylation sites (N-methyl/N-ethyl adjacent to an activating group) is 1. The van der Waals surface area contributed by atoms with Gasteiger partial charge in [0.2, 0.25) is 0 Å². The van der Waals surface area contributed by atoms with Crippen LogP contribution in [0.15, 0.2) is 64.6 Å². The maximum Gasteiger partial charge on any atom is 0.338 e. The molecule has 1 heterocycles. The largest absolute Gasteiger partial charge is 0.461 e. The molecule has 0 amide bonds. The Labute approximate surface area is 206 Å². The highest BCUT2D eigenvalue weighted by Gasteiger charge is 2.10. The molecule has 3 aromatic rings. The summed E-state index contributed by atoms with van der Waals surface area (Å²) in [6.45, 7) is 7.11. The number of aromatic nitrogens is 1. The molecule has 170 valence electrons. The number of anilines is 1. The van der Waals surface area contributed by atoms with Gasteiger partial charge >= 0.3 is 5.97 Å². The van der Waals surface area contributed by atoms with Gasteiger partial charge in [0.25, 0.3) is 0 Å². The van der Waals surface area contributed by atoms with Crippen LogP contribution in [0, 0.1) is 11.3 Å². The maximum atomic E-state index is 12.2. The molecule has 0 spiro atoms. The number of rotatable bonds is 10. The lowest BCUT2D eigenvalue weighted by Crippen LogP contribution is -2.27. The summed E-state index contributed by atoms with van der Waals surface area (Å²) < 4.78 is 6.36. The molecule has 0 aliphatic carbocycles. The number of nitrogens with one attached hydrogen (secondary N) is 1. The van der Waals surface area contributed by atoms with Crippen LogP contribution in [0.25, 0.3) is 16.8 Å². The number of hydrogen-bond acceptors (Lipinski definition) is 7. The highest BCUT2D eigenvalue weighted by atomic mass is 79.9. The average molecular weight is 525 g/mol. The minimum absolute atomic E-state index is 0.342. The van der Waals surface area contributed by atoms with Crippen molar-refractivity contribution in [2.24, 2.45) is 0 Å². The number of thiazole rings is 1. The topological polar surface area (TPSA) is 78.2 Å². The number of ether oxygens (including phenoxy) is 1. The van der Waals surface area contributed by atoms with Crippen molar-refractivity contribution >= 4 is 44.5 Å². The van der Waals surface area contributed by atoms with Gasteiger partial charge in [0.15, 0.2) is 0 Å². The number of benzene rings is 2. The van der Waals surface area contributed by atoms with E-state index in [1.54, 1.807) is 30.5 Å². The Morgan fingerprint density at radius 2 is 1.88 bits per heavy atom. The van der Waals surface area contributed by atoms with Crippen LogP contribution in [0.5, 0.6) is 0 Å². The summed E-state index contributed by atoms with van der Waals surface area (Å²) in [4.78, 5) is 19.0. The first kappa shape index (κ1) is 24.6. The quantitative estimate of drug-likeness (QED) is 0.257. The molecular weight excluding hydrogens is 500 g/mol. The van der Waals surface area contributed by atoms with Crippen LogP contribution in [-0.4, -0.2) is 42.1 Å². The van der Waals surface area contributed by atoms with Crippen molar-refractivity contribution < 1.29 is 9.53 Å². The van der Waals surface area contributed by atoms with Crippen LogP contribution in [0.2, 0.25) is 0 Å². The van der Waals surface area contributed by atoms with Gasteiger partial charge in [-0.1, -0.05) is 41.9 Å². The second kappa shape index (κ2) is 12.3. The lowest BCUT2D eigenvalue weighted by molar-refractivity contribution is 0.0466. The van der Waals surface area contributed by atoms with Crippen molar-refractivity contribution in [3.63, 3.8) is 0 Å². The number of hydrogen-bond donors (Lipinski definition) is 1. The SMILES string of the molecule is CCN(CC)CCOC(=O)c1ccc(N/C=C(\C#N)c2nc(-c3ccc(Br)cc3)cs2)cc1. The van der Waals surface area contributed by atoms with Crippen molar-refractivity contribution in [3.8, 4) is 17.3 Å². The summed E-state index contributed by atoms with van der Waals surface area (Å²) in [5.41, 5.74) is 3.50. The molecule has 0 bridgehead atoms. The van der Waals surface area contributed by atoms with Crippen molar-refractivity contribution in [3.05, 3.63) is 75.2 Å². The van der Waals surface area contributed by atoms with Gasteiger partial charge in [0.1, 0.15) is 23.3 Å². The number of nitrogens with zero attached hydrogens (tertiary/aromatic N) is 3. The maximum absolute atomic E-state index is 12.2. The Morgan fingerprint density at radius 1 is 1.18 bits per heavy atom. The summed E-state index contributed by atoms with van der Waals surface area (Å²) in [6.07, 6.45) is 1.63. The minimum atomic E-state index is -0.342. The van der Waals surface area contributed by atoms with Crippen LogP contribution in [0.1, 0.15) is 29.2 Å². The van der Waals surface area contributed by atoms with Crippen LogP contribution in [0.4, 0.5) is 5.69 Å². The van der Waals surface area contributed by atoms with Gasteiger partial charge in [-0.25, -0.2) is 9.78 Å². The number of carbonyl (C=O) groups excluding carboxylic acids is 1. The molecule has 1 aromatic heterocycles. The Bertz CT molecular complexity index is 1130. The van der Waals surface area contributed by atoms with Gasteiger partial charge in [-0.2, -0.15) is 5.26 Å². The second-order valence-corrected chi connectivity index (χ2v) is 8.87. The summed E-state index contributed by atoms with van der Waals surface area (Å²) in [7, 11) is 0. The highest BCUT2D eigenvalue weighted by Crippen LogP contribution is 2.27. The number of nitriles is 1. The Morgan fingerprint density at radius 3 is 2.52 bits per heavy atom. The monoisotopic (exact) mass is 524 g/mol. The molecule has 0 unspecified atom stereocenters. The molecule has 0 aliphatic rings. The molecule has 8 heteroatoms. The summed E-state index contributed by atoms with van der Waals surface area (Å²) in [6, 6.07) is 17.0. The van der Waals surface area contributed by atoms with Gasteiger partial charge in [-0.15, -0.1) is 11.3 Å². The lowest BCUT2D eigenvalue weighted by atomic mass is 10.2. The van der Waals surface area contributed by atoms with Gasteiger partial charge in [0.05, 0.1) is 11.3 Å². The molecule has 0 saturated carbocycles. The first-order valence-electron chi connectivity index (χ1n) is 10.6. The van der Waals surface area contributed by atoms with E-state index in [-0.39, 0.29) is 5.97 Å². The average Bonchev–Trinajstić information content (AvgIpc) is 3.33. The van der Waals surface area contributed by atoms with E-state index >= 15 is 0 Å². The van der Waals surface area contributed by atoms with Gasteiger partial charge in [-0.3, -0.25) is 0 Å². The first-order chi connectivity index (χ1) is 16.0. The van der Waals surface area contributed by atoms with Crippen LogP contribution >= 0.6 is 27.3 Å². The third-order valence-electron chi connectivity index (χ3n) is 5.03. The van der Waals surface area contributed by atoms with Crippen molar-refractivity contribution in [1.82, 2.24) is 9.88 Å². The van der Waals surface area contributed by atoms with Gasteiger partial charge in [-0.05, 0) is 49.5 Å². The van der Waals surface area contributed by atoms with E-state index in [1.807, 2.05) is 29.6 Å². The molecule has 3 rings (SSSR count). The van der Waals surface area contributed by atoms with E-state index in [2.05, 4.69) is 51.0 Å². The molecule has 1 N–H and O–H groups in total. The molecular formula is C25H25BrN4O2S. The molecule has 2 aromatic carbocycles. The molecule has 33 heavy (non-hydrogen) atoms. The van der Waals surface area contributed by atoms with Gasteiger partial charge in [0, 0.05) is 33.8 Å². The van der Waals surface area contributed by atoms with E-state index in [4.69, 9.17) is 4.74 Å². The normalized spacial score (nSPS) is 11.3. The Kier molecular flexibility index (Phi) is 9.19. The number of allylic oxidation sites excluding steroid dienone is 1. The molecule has 0 radical (unpaired) electrons. The minimum Gasteiger partial charge on any atom is -0.461 e. The van der Waals surface area contributed by atoms with Crippen molar-refractivity contribution in [2.45, 2.75) is 13.8 Å². The van der Waals surface area contributed by atoms with Crippen molar-refractivity contribution in [1.29, 1.82) is 5.26 Å². The number of halogens is 1. The third kappa shape index (κ3) is 6.99. The smallest absolute Gasteiger partial charge is 0.338 e. The van der Waals surface area contributed by atoms with E-state index in [1.165, 1.54) is 11.3 Å². The van der Waals surface area contributed by atoms with Gasteiger partial charge < -0.3 is 15.0 Å². The second-order valence-electron chi connectivity index (χ2n) is 7.10. The summed E-state index contributed by atoms with van der Waals surface area (Å²) in [5.74, 6) is -0.342. The van der Waals surface area contributed by atoms with Crippen LogP contribution in [-0.2, 0) is 4.74 Å². The predicted octanol–water partition coefficient (Wildman–Crippen LogP) is 6.05. The van der Waals surface area contributed by atoms with E-state index in [0.29, 0.717) is 22.8 Å². The fourth-order valence-corrected chi connectivity index (χ4v) is 4.10. The van der Waals surface area contributed by atoms with Crippen LogP contribution in [0.3, 0.4) is 0 Å². The van der Waals surface area contributed by atoms with E-state index in [9.17, 15) is 10.1 Å². The van der Waals surface area contributed by atoms with Crippen LogP contribution < -0.4 is 5.32 Å². The fraction of sp³-hybridized carbons (Fsp3) is 0.240. The molecule has 0 aliphatic heterocycles. The predicted molar refractivity (Wildman–Crippen MR) is 137 cm³/mol. The zero-order valence-electron chi connectivity index (χ0n) is 18.5. The zero-order chi connectivity index (χ0) is 23.6. The Balaban J connectivity index is 1.60. The first-order valence-corrected chi connectivity index (χ1v) is 12.3. The summed E-state index contributed by atoms with van der Waals surface area (Å²) >= 11 is 4.85. The molecule has 0 atom stereocenters. The standard InChI is InChI=1S/C25H25BrN4O2S/c1-3-30(4-2)13-14-32-25(31)19-7-11-22(12-8-19)28-16-20(15-27)24-29-23(17-33-24)18-5-9-21(26)10-6-18/h5-12,16-17,28H,3-4,13-14H2,1-2H3/b20-16+. The Hall–Kier alpha value is -2.99. The highest BCUT2D eigenvalue weighted by molar-refractivity contribution is 9.10. The zero-order valence-corrected chi connectivity index (χ0v) is 20.9. The lowest BCUT2D eigenvalue weighted by Gasteiger charge is -2.17. The fourth-order valence-electron chi connectivity index (χ4n) is 3.04. The third-order valence-corrected chi connectivity index (χ3v) is 6.44. The number of carbonyl (C=O) groups is 1. The summed E-state index contributed by atoms with van der Waals surface area (Å²) in [5, 5.41) is 15.3. The number of esters is 1. The molecule has 0 fully saturated rings. The van der Waals surface area contributed by atoms with E-state index < -0.39 is 0 Å². The molecule has 0 saturated heterocycles. The van der Waals surface area contributed by atoms with E-state index in [0.717, 1.165) is 41.1 Å². The molecule has 6 nitrogen and oxygen atoms in total.